The summed E-state index contributed by atoms with van der Waals surface area (Å²) in [5.74, 6) is -1.59. The third kappa shape index (κ3) is 2.05. The number of carbonyl (C=O) groups excluding carboxylic acids is 1. The molecule has 0 radical (unpaired) electrons. The quantitative estimate of drug-likeness (QED) is 0.819. The van der Waals surface area contributed by atoms with Crippen molar-refractivity contribution in [3.63, 3.8) is 0 Å². The van der Waals surface area contributed by atoms with Gasteiger partial charge in [0, 0.05) is 18.0 Å². The number of rotatable bonds is 2. The largest absolute Gasteiger partial charge is 0.311 e. The molecule has 1 N–H and O–H groups in total. The van der Waals surface area contributed by atoms with E-state index in [9.17, 15) is 13.6 Å². The van der Waals surface area contributed by atoms with Crippen molar-refractivity contribution in [2.24, 2.45) is 5.92 Å². The van der Waals surface area contributed by atoms with Gasteiger partial charge in [0.05, 0.1) is 5.56 Å². The van der Waals surface area contributed by atoms with Crippen LogP contribution in [0.5, 0.6) is 0 Å². The molecule has 1 aromatic rings. The van der Waals surface area contributed by atoms with E-state index in [1.54, 1.807) is 0 Å². The molecule has 0 spiro atoms. The molecule has 2 heterocycles. The van der Waals surface area contributed by atoms with Gasteiger partial charge in [-0.05, 0) is 43.9 Å². The predicted octanol–water partition coefficient (Wildman–Crippen LogP) is 2.68. The van der Waals surface area contributed by atoms with Crippen molar-refractivity contribution in [2.45, 2.75) is 37.8 Å². The molecule has 96 valence electrons. The fourth-order valence-electron chi connectivity index (χ4n) is 3.18. The highest BCUT2D eigenvalue weighted by molar-refractivity contribution is 5.98. The smallest absolute Gasteiger partial charge is 0.169 e. The van der Waals surface area contributed by atoms with Gasteiger partial charge in [-0.1, -0.05) is 0 Å². The number of ketones is 1. The summed E-state index contributed by atoms with van der Waals surface area (Å²) in [4.78, 5) is 12.3. The second-order valence-corrected chi connectivity index (χ2v) is 5.29. The topological polar surface area (TPSA) is 29.1 Å². The van der Waals surface area contributed by atoms with Crippen LogP contribution in [-0.4, -0.2) is 17.9 Å². The summed E-state index contributed by atoms with van der Waals surface area (Å²) in [6.07, 6.45) is 3.65. The highest BCUT2D eigenvalue weighted by atomic mass is 19.1. The summed E-state index contributed by atoms with van der Waals surface area (Å²) in [5.41, 5.74) is -0.0960. The zero-order chi connectivity index (χ0) is 12.7. The summed E-state index contributed by atoms with van der Waals surface area (Å²) in [7, 11) is 0. The van der Waals surface area contributed by atoms with Crippen LogP contribution < -0.4 is 5.32 Å². The number of Topliss-reactive ketones (excluding diaryl/α,β-unsaturated/α-hetero) is 1. The maximum Gasteiger partial charge on any atom is 0.169 e. The van der Waals surface area contributed by atoms with Crippen LogP contribution in [0.1, 0.15) is 36.0 Å². The third-order valence-corrected chi connectivity index (χ3v) is 4.04. The molecular formula is C14H15F2NO. The molecule has 2 bridgehead atoms. The number of carbonyl (C=O) groups is 1. The Hall–Kier alpha value is -1.29. The van der Waals surface area contributed by atoms with E-state index < -0.39 is 11.6 Å². The fourth-order valence-corrected chi connectivity index (χ4v) is 3.18. The number of halogens is 2. The molecule has 0 amide bonds. The van der Waals surface area contributed by atoms with Crippen LogP contribution in [0.15, 0.2) is 18.2 Å². The van der Waals surface area contributed by atoms with E-state index in [-0.39, 0.29) is 17.3 Å². The molecule has 4 heteroatoms. The number of piperidine rings is 1. The van der Waals surface area contributed by atoms with Gasteiger partial charge in [0.2, 0.25) is 0 Å². The zero-order valence-corrected chi connectivity index (χ0v) is 9.96. The molecular weight excluding hydrogens is 236 g/mol. The number of benzene rings is 1. The van der Waals surface area contributed by atoms with Gasteiger partial charge in [0.15, 0.2) is 5.78 Å². The highest BCUT2D eigenvalue weighted by Crippen LogP contribution is 2.33. The number of fused-ring (bicyclic) bond motifs is 2. The predicted molar refractivity (Wildman–Crippen MR) is 63.4 cm³/mol. The summed E-state index contributed by atoms with van der Waals surface area (Å²) < 4.78 is 26.7. The van der Waals surface area contributed by atoms with Crippen LogP contribution in [-0.2, 0) is 0 Å². The van der Waals surface area contributed by atoms with Gasteiger partial charge in [-0.25, -0.2) is 8.78 Å². The number of nitrogens with one attached hydrogen (secondary N) is 1. The van der Waals surface area contributed by atoms with E-state index in [1.165, 1.54) is 0 Å². The van der Waals surface area contributed by atoms with E-state index in [4.69, 9.17) is 0 Å². The monoisotopic (exact) mass is 251 g/mol. The Morgan fingerprint density at radius 2 is 1.83 bits per heavy atom. The minimum Gasteiger partial charge on any atom is -0.311 e. The van der Waals surface area contributed by atoms with Crippen molar-refractivity contribution in [3.05, 3.63) is 35.4 Å². The van der Waals surface area contributed by atoms with Crippen molar-refractivity contribution in [2.75, 3.05) is 0 Å². The molecule has 2 atom stereocenters. The first-order valence-corrected chi connectivity index (χ1v) is 6.39. The Labute approximate surface area is 104 Å². The molecule has 0 saturated carbocycles. The number of hydrogen-bond donors (Lipinski definition) is 1. The molecule has 2 unspecified atom stereocenters. The summed E-state index contributed by atoms with van der Waals surface area (Å²) in [5, 5.41) is 3.43. The molecule has 2 aliphatic rings. The Kier molecular flexibility index (Phi) is 2.90. The lowest BCUT2D eigenvalue weighted by Crippen LogP contribution is -2.40. The first-order chi connectivity index (χ1) is 8.63. The lowest BCUT2D eigenvalue weighted by molar-refractivity contribution is 0.0871. The van der Waals surface area contributed by atoms with Gasteiger partial charge < -0.3 is 5.32 Å². The molecule has 0 aliphatic carbocycles. The van der Waals surface area contributed by atoms with Crippen molar-refractivity contribution < 1.29 is 13.6 Å². The van der Waals surface area contributed by atoms with Crippen LogP contribution in [0.3, 0.4) is 0 Å². The second kappa shape index (κ2) is 4.43. The number of hydrogen-bond acceptors (Lipinski definition) is 2. The molecule has 3 rings (SSSR count). The maximum atomic E-state index is 13.6. The molecule has 2 nitrogen and oxygen atoms in total. The van der Waals surface area contributed by atoms with Crippen molar-refractivity contribution in [3.8, 4) is 0 Å². The van der Waals surface area contributed by atoms with Crippen molar-refractivity contribution in [1.29, 1.82) is 0 Å². The standard InChI is InChI=1S/C14H15F2NO/c15-9-1-4-13(16)12(7-9)14(18)8-5-10-2-3-11(6-8)17-10/h1,4,7-8,10-11,17H,2-3,5-6H2. The first kappa shape index (κ1) is 11.8. The Morgan fingerprint density at radius 1 is 1.17 bits per heavy atom. The lowest BCUT2D eigenvalue weighted by Gasteiger charge is -2.28. The van der Waals surface area contributed by atoms with Crippen LogP contribution in [0.25, 0.3) is 0 Å². The van der Waals surface area contributed by atoms with E-state index in [2.05, 4.69) is 5.32 Å². The zero-order valence-electron chi connectivity index (χ0n) is 9.96. The summed E-state index contributed by atoms with van der Waals surface area (Å²) in [6, 6.07) is 3.82. The van der Waals surface area contributed by atoms with E-state index in [0.29, 0.717) is 12.1 Å². The van der Waals surface area contributed by atoms with Gasteiger partial charge in [-0.3, -0.25) is 4.79 Å². The SMILES string of the molecule is O=C(c1cc(F)ccc1F)C1CC2CCC(C1)N2. The second-order valence-electron chi connectivity index (χ2n) is 5.29. The van der Waals surface area contributed by atoms with Crippen LogP contribution in [0, 0.1) is 17.6 Å². The molecule has 2 fully saturated rings. The van der Waals surface area contributed by atoms with E-state index in [0.717, 1.165) is 43.9 Å². The molecule has 0 aromatic heterocycles. The average molecular weight is 251 g/mol. The minimum atomic E-state index is -0.618. The first-order valence-electron chi connectivity index (χ1n) is 6.39. The van der Waals surface area contributed by atoms with Gasteiger partial charge in [0.1, 0.15) is 11.6 Å². The Bertz CT molecular complexity index is 477. The van der Waals surface area contributed by atoms with Crippen molar-refractivity contribution in [1.82, 2.24) is 5.32 Å². The van der Waals surface area contributed by atoms with E-state index in [1.807, 2.05) is 0 Å². The molecule has 18 heavy (non-hydrogen) atoms. The highest BCUT2D eigenvalue weighted by Gasteiger charge is 2.37. The van der Waals surface area contributed by atoms with Crippen LogP contribution >= 0.6 is 0 Å². The van der Waals surface area contributed by atoms with Gasteiger partial charge >= 0.3 is 0 Å². The van der Waals surface area contributed by atoms with Crippen molar-refractivity contribution >= 4 is 5.78 Å². The van der Waals surface area contributed by atoms with Crippen LogP contribution in [0.4, 0.5) is 8.78 Å². The maximum absolute atomic E-state index is 13.6. The van der Waals surface area contributed by atoms with Gasteiger partial charge in [-0.15, -0.1) is 0 Å². The normalized spacial score (nSPS) is 30.4. The van der Waals surface area contributed by atoms with E-state index >= 15 is 0 Å². The molecule has 1 aromatic carbocycles. The summed E-state index contributed by atoms with van der Waals surface area (Å²) >= 11 is 0. The Morgan fingerprint density at radius 3 is 2.50 bits per heavy atom. The van der Waals surface area contributed by atoms with Crippen LogP contribution in [0.2, 0.25) is 0 Å². The lowest BCUT2D eigenvalue weighted by atomic mass is 9.86. The minimum absolute atomic E-state index is 0.0960. The molecule has 2 aliphatic heterocycles. The van der Waals surface area contributed by atoms with Gasteiger partial charge in [0.25, 0.3) is 0 Å². The third-order valence-electron chi connectivity index (χ3n) is 4.04. The summed E-state index contributed by atoms with van der Waals surface area (Å²) in [6.45, 7) is 0. The molecule has 2 saturated heterocycles. The fraction of sp³-hybridized carbons (Fsp3) is 0.500. The van der Waals surface area contributed by atoms with Gasteiger partial charge in [-0.2, -0.15) is 0 Å². The average Bonchev–Trinajstić information content (AvgIpc) is 2.70. The Balaban J connectivity index is 1.84.